The Morgan fingerprint density at radius 1 is 1.41 bits per heavy atom. The number of carbonyl (C=O) groups is 2. The van der Waals surface area contributed by atoms with E-state index in [1.54, 1.807) is 12.1 Å². The van der Waals surface area contributed by atoms with E-state index in [9.17, 15) is 14.0 Å². The van der Waals surface area contributed by atoms with Gasteiger partial charge >= 0.3 is 0 Å². The summed E-state index contributed by atoms with van der Waals surface area (Å²) in [6.07, 6.45) is 2.36. The molecule has 2 amide bonds. The maximum Gasteiger partial charge on any atom is 0.249 e. The van der Waals surface area contributed by atoms with Crippen LogP contribution in [0.15, 0.2) is 30.2 Å². The second-order valence-corrected chi connectivity index (χ2v) is 7.72. The van der Waals surface area contributed by atoms with Crippen molar-refractivity contribution in [3.05, 3.63) is 36.0 Å². The molecule has 2 aliphatic rings. The van der Waals surface area contributed by atoms with Crippen LogP contribution in [0.3, 0.4) is 0 Å². The summed E-state index contributed by atoms with van der Waals surface area (Å²) in [5.74, 6) is -0.810. The monoisotopic (exact) mass is 377 g/mol. The molecule has 1 unspecified atom stereocenters. The molecule has 3 rings (SSSR count). The van der Waals surface area contributed by atoms with Gasteiger partial charge in [0.2, 0.25) is 17.7 Å². The van der Waals surface area contributed by atoms with E-state index in [4.69, 9.17) is 9.57 Å². The average Bonchev–Trinajstić information content (AvgIpc) is 3.21. The van der Waals surface area contributed by atoms with Crippen LogP contribution >= 0.6 is 0 Å². The van der Waals surface area contributed by atoms with Crippen LogP contribution in [0.4, 0.5) is 10.1 Å². The highest BCUT2D eigenvalue weighted by atomic mass is 19.1. The van der Waals surface area contributed by atoms with E-state index in [0.717, 1.165) is 0 Å². The number of rotatable bonds is 4. The van der Waals surface area contributed by atoms with Crippen LogP contribution < -0.4 is 20.4 Å². The Balaban J connectivity index is 1.76. The molecular formula is C19H24FN3O4. The van der Waals surface area contributed by atoms with Crippen LogP contribution in [0.5, 0.6) is 5.75 Å². The molecule has 1 fully saturated rings. The van der Waals surface area contributed by atoms with E-state index in [-0.39, 0.29) is 35.4 Å². The number of hydrogen-bond donors (Lipinski definition) is 2. The van der Waals surface area contributed by atoms with Crippen molar-refractivity contribution in [2.24, 2.45) is 5.41 Å². The minimum atomic E-state index is -0.733. The second-order valence-electron chi connectivity index (χ2n) is 7.72. The quantitative estimate of drug-likeness (QED) is 0.841. The van der Waals surface area contributed by atoms with Gasteiger partial charge in [-0.1, -0.05) is 20.8 Å². The molecule has 2 N–H and O–H groups in total. The van der Waals surface area contributed by atoms with Crippen LogP contribution in [0.2, 0.25) is 0 Å². The van der Waals surface area contributed by atoms with Crippen LogP contribution in [0.1, 0.15) is 33.6 Å². The number of benzene rings is 1. The van der Waals surface area contributed by atoms with Gasteiger partial charge in [-0.15, -0.1) is 5.48 Å². The van der Waals surface area contributed by atoms with Crippen LogP contribution in [0, 0.1) is 11.2 Å². The van der Waals surface area contributed by atoms with Gasteiger partial charge in [-0.3, -0.25) is 19.8 Å². The predicted molar refractivity (Wildman–Crippen MR) is 97.1 cm³/mol. The normalized spacial score (nSPS) is 22.5. The zero-order valence-corrected chi connectivity index (χ0v) is 15.8. The summed E-state index contributed by atoms with van der Waals surface area (Å²) in [4.78, 5) is 31.7. The highest BCUT2D eigenvalue weighted by Crippen LogP contribution is 2.31. The highest BCUT2D eigenvalue weighted by Gasteiger charge is 2.38. The maximum atomic E-state index is 14.0. The zero-order valence-electron chi connectivity index (χ0n) is 15.8. The van der Waals surface area contributed by atoms with Gasteiger partial charge in [-0.25, -0.2) is 4.39 Å². The van der Waals surface area contributed by atoms with Gasteiger partial charge in [0, 0.05) is 18.2 Å². The number of carbonyl (C=O) groups excluding carboxylic acids is 2. The summed E-state index contributed by atoms with van der Waals surface area (Å²) >= 11 is 0. The fourth-order valence-corrected chi connectivity index (χ4v) is 3.11. The van der Waals surface area contributed by atoms with Gasteiger partial charge in [0.1, 0.15) is 6.04 Å². The number of halogens is 1. The first-order chi connectivity index (χ1) is 12.7. The van der Waals surface area contributed by atoms with Crippen molar-refractivity contribution in [1.29, 1.82) is 0 Å². The number of nitrogens with zero attached hydrogens (tertiary/aromatic N) is 1. The molecule has 1 saturated heterocycles. The highest BCUT2D eigenvalue weighted by molar-refractivity contribution is 6.04. The Kier molecular flexibility index (Phi) is 5.10. The summed E-state index contributed by atoms with van der Waals surface area (Å²) in [6.45, 7) is 6.14. The van der Waals surface area contributed by atoms with E-state index in [1.807, 2.05) is 20.8 Å². The lowest BCUT2D eigenvalue weighted by Crippen LogP contribution is -2.44. The molecule has 0 saturated carbocycles. The average molecular weight is 377 g/mol. The molecule has 0 aliphatic carbocycles. The summed E-state index contributed by atoms with van der Waals surface area (Å²) in [6, 6.07) is 3.41. The molecule has 2 heterocycles. The lowest BCUT2D eigenvalue weighted by Gasteiger charge is -2.24. The molecule has 0 bridgehead atoms. The van der Waals surface area contributed by atoms with E-state index >= 15 is 0 Å². The molecule has 7 nitrogen and oxygen atoms in total. The first-order valence-electron chi connectivity index (χ1n) is 8.81. The van der Waals surface area contributed by atoms with Crippen molar-refractivity contribution < 1.29 is 23.6 Å². The lowest BCUT2D eigenvalue weighted by molar-refractivity contribution is -0.124. The summed E-state index contributed by atoms with van der Waals surface area (Å²) in [5.41, 5.74) is 3.10. The van der Waals surface area contributed by atoms with Crippen molar-refractivity contribution in [2.75, 3.05) is 12.0 Å². The number of ether oxygens (including phenoxy) is 1. The van der Waals surface area contributed by atoms with E-state index in [0.29, 0.717) is 18.0 Å². The molecule has 1 aromatic carbocycles. The minimum absolute atomic E-state index is 0.0511. The standard InChI is InChI=1S/C19H24FN3O4/c1-19(2,3)15-10-16(27-22-15)21-18(25)13-6-8-17(24)23(13)11-5-7-14(26-4)12(20)9-11/h5,7,9-10,13,15,22H,6,8H2,1-4H3,(H,21,25)/t13-,15?/m0/s1. The van der Waals surface area contributed by atoms with Crippen molar-refractivity contribution in [3.8, 4) is 5.75 Å². The van der Waals surface area contributed by atoms with Crippen molar-refractivity contribution in [1.82, 2.24) is 10.8 Å². The predicted octanol–water partition coefficient (Wildman–Crippen LogP) is 2.24. The Morgan fingerprint density at radius 2 is 2.15 bits per heavy atom. The van der Waals surface area contributed by atoms with Gasteiger partial charge in [0.05, 0.1) is 13.2 Å². The Labute approximate surface area is 157 Å². The van der Waals surface area contributed by atoms with Gasteiger partial charge in [0.25, 0.3) is 0 Å². The largest absolute Gasteiger partial charge is 0.494 e. The van der Waals surface area contributed by atoms with Gasteiger partial charge < -0.3 is 9.57 Å². The second kappa shape index (κ2) is 7.19. The number of hydrogen-bond acceptors (Lipinski definition) is 5. The van der Waals surface area contributed by atoms with Crippen LogP contribution in [-0.4, -0.2) is 31.0 Å². The van der Waals surface area contributed by atoms with E-state index in [1.165, 1.54) is 24.1 Å². The SMILES string of the molecule is COc1ccc(N2C(=O)CC[C@H]2C(=O)NC2=CC(C(C)(C)C)NO2)cc1F. The number of amides is 2. The first kappa shape index (κ1) is 19.2. The topological polar surface area (TPSA) is 79.9 Å². The molecule has 27 heavy (non-hydrogen) atoms. The summed E-state index contributed by atoms with van der Waals surface area (Å²) < 4.78 is 18.9. The molecule has 1 aromatic rings. The molecule has 2 atom stereocenters. The number of anilines is 1. The van der Waals surface area contributed by atoms with Gasteiger partial charge in [-0.05, 0) is 30.0 Å². The first-order valence-corrected chi connectivity index (χ1v) is 8.81. The zero-order chi connectivity index (χ0) is 19.8. The van der Waals surface area contributed by atoms with E-state index < -0.39 is 11.9 Å². The maximum absolute atomic E-state index is 14.0. The number of methoxy groups -OCH3 is 1. The smallest absolute Gasteiger partial charge is 0.249 e. The Bertz CT molecular complexity index is 788. The van der Waals surface area contributed by atoms with Crippen LogP contribution in [0.25, 0.3) is 0 Å². The molecule has 0 aromatic heterocycles. The third-order valence-corrected chi connectivity index (χ3v) is 4.72. The molecule has 8 heteroatoms. The van der Waals surface area contributed by atoms with E-state index in [2.05, 4.69) is 10.8 Å². The fourth-order valence-electron chi connectivity index (χ4n) is 3.11. The molecule has 0 spiro atoms. The van der Waals surface area contributed by atoms with Crippen molar-refractivity contribution in [3.63, 3.8) is 0 Å². The Morgan fingerprint density at radius 3 is 2.74 bits per heavy atom. The molecule has 0 radical (unpaired) electrons. The summed E-state index contributed by atoms with van der Waals surface area (Å²) in [5, 5.41) is 2.71. The Hall–Kier alpha value is -2.61. The minimum Gasteiger partial charge on any atom is -0.494 e. The fraction of sp³-hybridized carbons (Fsp3) is 0.474. The molecular weight excluding hydrogens is 353 g/mol. The van der Waals surface area contributed by atoms with Crippen molar-refractivity contribution in [2.45, 2.75) is 45.7 Å². The third kappa shape index (κ3) is 3.90. The molecule has 2 aliphatic heterocycles. The van der Waals surface area contributed by atoms with Gasteiger partial charge in [0.15, 0.2) is 11.6 Å². The number of hydroxylamine groups is 1. The lowest BCUT2D eigenvalue weighted by atomic mass is 9.87. The summed E-state index contributed by atoms with van der Waals surface area (Å²) in [7, 11) is 1.36. The van der Waals surface area contributed by atoms with Crippen molar-refractivity contribution >= 4 is 17.5 Å². The van der Waals surface area contributed by atoms with Crippen LogP contribution in [-0.2, 0) is 14.4 Å². The molecule has 146 valence electrons. The third-order valence-electron chi connectivity index (χ3n) is 4.72. The number of nitrogens with one attached hydrogen (secondary N) is 2. The van der Waals surface area contributed by atoms with Gasteiger partial charge in [-0.2, -0.15) is 0 Å².